The summed E-state index contributed by atoms with van der Waals surface area (Å²) in [5.41, 5.74) is 3.32. The van der Waals surface area contributed by atoms with Crippen molar-refractivity contribution in [3.05, 3.63) is 70.5 Å². The fourth-order valence-electron chi connectivity index (χ4n) is 3.39. The summed E-state index contributed by atoms with van der Waals surface area (Å²) in [4.78, 5) is 0. The Morgan fingerprint density at radius 3 is 2.54 bits per heavy atom. The van der Waals surface area contributed by atoms with Gasteiger partial charge in [0.15, 0.2) is 6.29 Å². The maximum Gasteiger partial charge on any atom is 0.157 e. The Bertz CT molecular complexity index is 764. The van der Waals surface area contributed by atoms with Crippen LogP contribution in [0.3, 0.4) is 0 Å². The van der Waals surface area contributed by atoms with Gasteiger partial charge in [0.25, 0.3) is 0 Å². The molecule has 1 aliphatic heterocycles. The van der Waals surface area contributed by atoms with Crippen molar-refractivity contribution in [1.29, 1.82) is 5.26 Å². The molecule has 1 heterocycles. The molecule has 0 spiro atoms. The number of ether oxygens (including phenoxy) is 2. The minimum Gasteiger partial charge on any atom is -0.392 e. The molecule has 4 nitrogen and oxygen atoms in total. The van der Waals surface area contributed by atoms with Crippen LogP contribution in [0.25, 0.3) is 0 Å². The summed E-state index contributed by atoms with van der Waals surface area (Å²) in [6.45, 7) is 1.11. The lowest BCUT2D eigenvalue weighted by Crippen LogP contribution is -2.13. The molecule has 0 bridgehead atoms. The molecule has 136 valence electrons. The fraction of sp³-hybridized carbons (Fsp3) is 0.381. The number of hydrogen-bond donors (Lipinski definition) is 1. The highest BCUT2D eigenvalue weighted by molar-refractivity contribution is 5.40. The zero-order valence-corrected chi connectivity index (χ0v) is 14.5. The first-order chi connectivity index (χ1) is 12.7. The van der Waals surface area contributed by atoms with Crippen LogP contribution in [0.15, 0.2) is 42.5 Å². The molecular weight excluding hydrogens is 333 g/mol. The smallest absolute Gasteiger partial charge is 0.157 e. The van der Waals surface area contributed by atoms with Gasteiger partial charge in [-0.2, -0.15) is 5.26 Å². The third-order valence-corrected chi connectivity index (χ3v) is 4.72. The van der Waals surface area contributed by atoms with E-state index in [0.29, 0.717) is 25.2 Å². The Morgan fingerprint density at radius 2 is 1.88 bits per heavy atom. The Morgan fingerprint density at radius 1 is 1.15 bits per heavy atom. The molecule has 0 amide bonds. The zero-order chi connectivity index (χ0) is 18.4. The average Bonchev–Trinajstić information content (AvgIpc) is 3.20. The summed E-state index contributed by atoms with van der Waals surface area (Å²) < 4.78 is 24.3. The van der Waals surface area contributed by atoms with Gasteiger partial charge in [0, 0.05) is 0 Å². The summed E-state index contributed by atoms with van der Waals surface area (Å²) in [6.07, 6.45) is 2.07. The summed E-state index contributed by atoms with van der Waals surface area (Å²) in [6, 6.07) is 14.0. The number of rotatable bonds is 7. The van der Waals surface area contributed by atoms with E-state index in [-0.39, 0.29) is 24.6 Å². The normalized spacial score (nSPS) is 15.7. The highest BCUT2D eigenvalue weighted by Gasteiger charge is 2.21. The van der Waals surface area contributed by atoms with Crippen LogP contribution in [-0.2, 0) is 22.5 Å². The quantitative estimate of drug-likeness (QED) is 0.823. The first-order valence-corrected chi connectivity index (χ1v) is 8.81. The van der Waals surface area contributed by atoms with Crippen molar-refractivity contribution in [3.8, 4) is 6.07 Å². The lowest BCUT2D eigenvalue weighted by molar-refractivity contribution is -0.0487. The van der Waals surface area contributed by atoms with Crippen LogP contribution in [0.2, 0.25) is 0 Å². The van der Waals surface area contributed by atoms with Crippen LogP contribution in [0.5, 0.6) is 0 Å². The Balaban J connectivity index is 1.83. The lowest BCUT2D eigenvalue weighted by atomic mass is 9.85. The topological polar surface area (TPSA) is 62.5 Å². The molecule has 5 heteroatoms. The van der Waals surface area contributed by atoms with Gasteiger partial charge in [-0.15, -0.1) is 0 Å². The van der Waals surface area contributed by atoms with Gasteiger partial charge < -0.3 is 14.6 Å². The SMILES string of the molecule is N#Cc1ccc(C(CCC2OCCO2)Cc2ccc(F)cc2)c(CO)c1. The Hall–Kier alpha value is -2.26. The molecular formula is C21H22FNO3. The molecule has 1 aliphatic rings. The number of hydrogen-bond acceptors (Lipinski definition) is 4. The maximum absolute atomic E-state index is 13.2. The second kappa shape index (κ2) is 8.91. The van der Waals surface area contributed by atoms with Crippen LogP contribution in [0.1, 0.15) is 41.0 Å². The van der Waals surface area contributed by atoms with Crippen molar-refractivity contribution in [2.24, 2.45) is 0 Å². The van der Waals surface area contributed by atoms with Crippen LogP contribution in [-0.4, -0.2) is 24.6 Å². The van der Waals surface area contributed by atoms with Crippen LogP contribution < -0.4 is 0 Å². The molecule has 1 unspecified atom stereocenters. The lowest BCUT2D eigenvalue weighted by Gasteiger charge is -2.22. The first-order valence-electron chi connectivity index (χ1n) is 8.81. The molecule has 1 saturated heterocycles. The average molecular weight is 355 g/mol. The van der Waals surface area contributed by atoms with E-state index >= 15 is 0 Å². The van der Waals surface area contributed by atoms with Gasteiger partial charge in [0.2, 0.25) is 0 Å². The predicted molar refractivity (Wildman–Crippen MR) is 94.9 cm³/mol. The van der Waals surface area contributed by atoms with Crippen molar-refractivity contribution in [3.63, 3.8) is 0 Å². The van der Waals surface area contributed by atoms with E-state index in [1.165, 1.54) is 12.1 Å². The third kappa shape index (κ3) is 4.67. The largest absolute Gasteiger partial charge is 0.392 e. The molecule has 26 heavy (non-hydrogen) atoms. The molecule has 2 aromatic carbocycles. The van der Waals surface area contributed by atoms with Gasteiger partial charge in [-0.05, 0) is 66.1 Å². The van der Waals surface area contributed by atoms with Crippen molar-refractivity contribution in [2.45, 2.75) is 38.1 Å². The van der Waals surface area contributed by atoms with Gasteiger partial charge in [0.05, 0.1) is 31.5 Å². The monoisotopic (exact) mass is 355 g/mol. The van der Waals surface area contributed by atoms with Gasteiger partial charge in [-0.1, -0.05) is 18.2 Å². The third-order valence-electron chi connectivity index (χ3n) is 4.72. The molecule has 2 aromatic rings. The summed E-state index contributed by atoms with van der Waals surface area (Å²) in [5.74, 6) is -0.143. The zero-order valence-electron chi connectivity index (χ0n) is 14.5. The van der Waals surface area contributed by atoms with Crippen LogP contribution in [0, 0.1) is 17.1 Å². The molecule has 0 aromatic heterocycles. The summed E-state index contributed by atoms with van der Waals surface area (Å²) in [5, 5.41) is 18.9. The second-order valence-corrected chi connectivity index (χ2v) is 6.46. The number of nitriles is 1. The van der Waals surface area contributed by atoms with Gasteiger partial charge in [-0.3, -0.25) is 0 Å². The van der Waals surface area contributed by atoms with Crippen molar-refractivity contribution in [1.82, 2.24) is 0 Å². The van der Waals surface area contributed by atoms with E-state index in [9.17, 15) is 9.50 Å². The molecule has 1 atom stereocenters. The molecule has 1 N–H and O–H groups in total. The van der Waals surface area contributed by atoms with E-state index in [1.54, 1.807) is 24.3 Å². The van der Waals surface area contributed by atoms with E-state index in [4.69, 9.17) is 14.7 Å². The first kappa shape index (κ1) is 18.5. The van der Waals surface area contributed by atoms with Gasteiger partial charge >= 0.3 is 0 Å². The minimum absolute atomic E-state index is 0.114. The Kier molecular flexibility index (Phi) is 6.35. The van der Waals surface area contributed by atoms with Crippen molar-refractivity contribution in [2.75, 3.05) is 13.2 Å². The van der Waals surface area contributed by atoms with Crippen molar-refractivity contribution < 1.29 is 19.0 Å². The Labute approximate surface area is 152 Å². The molecule has 0 radical (unpaired) electrons. The molecule has 3 rings (SSSR count). The van der Waals surface area contributed by atoms with Crippen molar-refractivity contribution >= 4 is 0 Å². The molecule has 0 aliphatic carbocycles. The number of nitrogens with zero attached hydrogens (tertiary/aromatic N) is 1. The van der Waals surface area contributed by atoms with E-state index in [1.807, 2.05) is 6.07 Å². The maximum atomic E-state index is 13.2. The van der Waals surface area contributed by atoms with E-state index in [2.05, 4.69) is 6.07 Å². The highest BCUT2D eigenvalue weighted by Crippen LogP contribution is 2.31. The molecule has 0 saturated carbocycles. The number of aliphatic hydroxyl groups is 1. The van der Waals surface area contributed by atoms with Crippen LogP contribution >= 0.6 is 0 Å². The number of aliphatic hydroxyl groups excluding tert-OH is 1. The van der Waals surface area contributed by atoms with Gasteiger partial charge in [0.1, 0.15) is 5.82 Å². The second-order valence-electron chi connectivity index (χ2n) is 6.46. The van der Waals surface area contributed by atoms with E-state index < -0.39 is 0 Å². The summed E-state index contributed by atoms with van der Waals surface area (Å²) in [7, 11) is 0. The van der Waals surface area contributed by atoms with E-state index in [0.717, 1.165) is 29.5 Å². The minimum atomic E-state index is -0.257. The predicted octanol–water partition coefficient (Wildman–Crippen LogP) is 3.67. The highest BCUT2D eigenvalue weighted by atomic mass is 19.1. The fourth-order valence-corrected chi connectivity index (χ4v) is 3.39. The number of halogens is 1. The van der Waals surface area contributed by atoms with Crippen LogP contribution in [0.4, 0.5) is 4.39 Å². The van der Waals surface area contributed by atoms with Gasteiger partial charge in [-0.25, -0.2) is 4.39 Å². The number of benzene rings is 2. The summed E-state index contributed by atoms with van der Waals surface area (Å²) >= 11 is 0. The molecule has 1 fully saturated rings. The standard InChI is InChI=1S/C21H22FNO3/c22-19-5-1-15(2-6-19)11-17(4-8-21-25-9-10-26-21)20-7-3-16(13-23)12-18(20)14-24/h1-3,5-7,12,17,21,24H,4,8-11,14H2.